The average molecular weight is 366 g/mol. The summed E-state index contributed by atoms with van der Waals surface area (Å²) < 4.78 is 9.92. The number of hydrogen-bond acceptors (Lipinski definition) is 5. The Morgan fingerprint density at radius 2 is 1.81 bits per heavy atom. The molecule has 0 bridgehead atoms. The summed E-state index contributed by atoms with van der Waals surface area (Å²) >= 11 is 0. The van der Waals surface area contributed by atoms with Crippen LogP contribution < -0.4 is 10.6 Å². The summed E-state index contributed by atoms with van der Waals surface area (Å²) in [6.07, 6.45) is 0.805. The fraction of sp³-hybridized carbons (Fsp3) is 0.500. The first-order chi connectivity index (χ1) is 12.5. The van der Waals surface area contributed by atoms with Gasteiger partial charge >= 0.3 is 18.2 Å². The van der Waals surface area contributed by atoms with Crippen LogP contribution in [0.3, 0.4) is 0 Å². The molecule has 8 heteroatoms. The molecule has 1 atom stereocenters. The minimum Gasteiger partial charge on any atom is -0.480 e. The van der Waals surface area contributed by atoms with Gasteiger partial charge in [0.25, 0.3) is 0 Å². The zero-order valence-electron chi connectivity index (χ0n) is 14.9. The summed E-state index contributed by atoms with van der Waals surface area (Å²) in [7, 11) is 0. The van der Waals surface area contributed by atoms with E-state index in [0.717, 1.165) is 18.4 Å². The fourth-order valence-corrected chi connectivity index (χ4v) is 2.02. The van der Waals surface area contributed by atoms with Gasteiger partial charge in [-0.3, -0.25) is 0 Å². The summed E-state index contributed by atoms with van der Waals surface area (Å²) in [5.74, 6) is -1.15. The molecule has 0 saturated heterocycles. The van der Waals surface area contributed by atoms with Gasteiger partial charge in [-0.15, -0.1) is 0 Å². The van der Waals surface area contributed by atoms with Crippen LogP contribution in [0.1, 0.15) is 38.2 Å². The largest absolute Gasteiger partial charge is 0.480 e. The van der Waals surface area contributed by atoms with E-state index in [1.165, 1.54) is 0 Å². The van der Waals surface area contributed by atoms with Crippen LogP contribution in [0.5, 0.6) is 0 Å². The highest BCUT2D eigenvalue weighted by Gasteiger charge is 2.20. The molecule has 0 aromatic heterocycles. The standard InChI is InChI=1S/C18H26N2O6/c1-2-3-12-25-18(24)20-15(16(21)22)10-7-11-19-17(23)26-13-14-8-5-4-6-9-14/h4-6,8-9,15H,2-3,7,10-13H2,1H3,(H,19,23)(H,20,24)(H,21,22). The smallest absolute Gasteiger partial charge is 0.407 e. The normalized spacial score (nSPS) is 11.3. The quantitative estimate of drug-likeness (QED) is 0.519. The second-order valence-electron chi connectivity index (χ2n) is 5.66. The van der Waals surface area contributed by atoms with Crippen molar-refractivity contribution in [1.29, 1.82) is 0 Å². The average Bonchev–Trinajstić information content (AvgIpc) is 2.63. The number of carboxylic acid groups (broad SMARTS) is 1. The maximum atomic E-state index is 11.6. The molecule has 3 N–H and O–H groups in total. The van der Waals surface area contributed by atoms with Crippen LogP contribution >= 0.6 is 0 Å². The van der Waals surface area contributed by atoms with E-state index >= 15 is 0 Å². The Morgan fingerprint density at radius 3 is 2.46 bits per heavy atom. The monoisotopic (exact) mass is 366 g/mol. The molecule has 26 heavy (non-hydrogen) atoms. The number of benzene rings is 1. The first-order valence-electron chi connectivity index (χ1n) is 8.63. The third kappa shape index (κ3) is 9.51. The van der Waals surface area contributed by atoms with Crippen molar-refractivity contribution in [2.45, 2.75) is 45.3 Å². The van der Waals surface area contributed by atoms with Crippen LogP contribution in [0.25, 0.3) is 0 Å². The molecule has 0 aliphatic rings. The van der Waals surface area contributed by atoms with Gasteiger partial charge in [0.1, 0.15) is 12.6 Å². The Bertz CT molecular complexity index is 564. The van der Waals surface area contributed by atoms with Crippen LogP contribution in [0.4, 0.5) is 9.59 Å². The molecule has 1 aromatic carbocycles. The summed E-state index contributed by atoms with van der Waals surface area (Å²) in [5, 5.41) is 14.0. The third-order valence-electron chi connectivity index (χ3n) is 3.47. The first-order valence-corrected chi connectivity index (χ1v) is 8.63. The van der Waals surface area contributed by atoms with E-state index in [9.17, 15) is 14.4 Å². The third-order valence-corrected chi connectivity index (χ3v) is 3.47. The number of carbonyl (C=O) groups is 3. The van der Waals surface area contributed by atoms with Crippen LogP contribution in [0.2, 0.25) is 0 Å². The van der Waals surface area contributed by atoms with Crippen molar-refractivity contribution >= 4 is 18.2 Å². The highest BCUT2D eigenvalue weighted by atomic mass is 16.6. The SMILES string of the molecule is CCCCOC(=O)NC(CCCNC(=O)OCc1ccccc1)C(=O)O. The second-order valence-corrected chi connectivity index (χ2v) is 5.66. The number of amides is 2. The van der Waals surface area contributed by atoms with Crippen molar-refractivity contribution in [3.05, 3.63) is 35.9 Å². The van der Waals surface area contributed by atoms with E-state index in [2.05, 4.69) is 10.6 Å². The number of alkyl carbamates (subject to hydrolysis) is 2. The molecule has 1 rings (SSSR count). The number of aliphatic carboxylic acids is 1. The Kier molecular flexibility index (Phi) is 10.3. The highest BCUT2D eigenvalue weighted by Crippen LogP contribution is 2.01. The van der Waals surface area contributed by atoms with Gasteiger partial charge in [-0.25, -0.2) is 14.4 Å². The van der Waals surface area contributed by atoms with Crippen LogP contribution in [0.15, 0.2) is 30.3 Å². The first kappa shape index (κ1) is 21.3. The summed E-state index contributed by atoms with van der Waals surface area (Å²) in [6, 6.07) is 8.19. The molecule has 0 aliphatic carbocycles. The lowest BCUT2D eigenvalue weighted by Gasteiger charge is -2.14. The number of rotatable bonds is 11. The number of ether oxygens (including phenoxy) is 2. The van der Waals surface area contributed by atoms with E-state index < -0.39 is 24.2 Å². The molecule has 2 amide bonds. The zero-order valence-corrected chi connectivity index (χ0v) is 14.9. The van der Waals surface area contributed by atoms with Gasteiger partial charge in [0.05, 0.1) is 6.61 Å². The molecule has 1 aromatic rings. The topological polar surface area (TPSA) is 114 Å². The lowest BCUT2D eigenvalue weighted by molar-refractivity contribution is -0.139. The van der Waals surface area contributed by atoms with Gasteiger partial charge in [0.2, 0.25) is 0 Å². The molecule has 0 heterocycles. The summed E-state index contributed by atoms with van der Waals surface area (Å²) in [6.45, 7) is 2.61. The lowest BCUT2D eigenvalue weighted by atomic mass is 10.1. The van der Waals surface area contributed by atoms with Gasteiger partial charge < -0.3 is 25.2 Å². The van der Waals surface area contributed by atoms with Gasteiger partial charge in [-0.2, -0.15) is 0 Å². The Morgan fingerprint density at radius 1 is 1.08 bits per heavy atom. The number of hydrogen-bond donors (Lipinski definition) is 3. The molecule has 0 spiro atoms. The predicted octanol–water partition coefficient (Wildman–Crippen LogP) is 2.67. The van der Waals surface area contributed by atoms with Gasteiger partial charge in [-0.1, -0.05) is 43.7 Å². The molecule has 144 valence electrons. The molecule has 0 aliphatic heterocycles. The molecular formula is C18H26N2O6. The van der Waals surface area contributed by atoms with E-state index in [1.54, 1.807) is 0 Å². The molecule has 0 radical (unpaired) electrons. The maximum absolute atomic E-state index is 11.6. The Labute approximate surface area is 152 Å². The highest BCUT2D eigenvalue weighted by molar-refractivity contribution is 5.79. The van der Waals surface area contributed by atoms with Gasteiger partial charge in [-0.05, 0) is 24.8 Å². The number of carbonyl (C=O) groups excluding carboxylic acids is 2. The Hall–Kier alpha value is -2.77. The van der Waals surface area contributed by atoms with Crippen molar-refractivity contribution < 1.29 is 29.0 Å². The minimum atomic E-state index is -1.15. The summed E-state index contributed by atoms with van der Waals surface area (Å²) in [4.78, 5) is 34.3. The maximum Gasteiger partial charge on any atom is 0.407 e. The molecule has 8 nitrogen and oxygen atoms in total. The van der Waals surface area contributed by atoms with Crippen molar-refractivity contribution in [2.24, 2.45) is 0 Å². The van der Waals surface area contributed by atoms with E-state index in [0.29, 0.717) is 6.42 Å². The predicted molar refractivity (Wildman–Crippen MR) is 94.7 cm³/mol. The van der Waals surface area contributed by atoms with Crippen LogP contribution in [-0.4, -0.2) is 42.5 Å². The summed E-state index contributed by atoms with van der Waals surface area (Å²) in [5.41, 5.74) is 0.874. The van der Waals surface area contributed by atoms with Crippen molar-refractivity contribution in [1.82, 2.24) is 10.6 Å². The molecule has 0 saturated carbocycles. The van der Waals surface area contributed by atoms with Gasteiger partial charge in [0.15, 0.2) is 0 Å². The zero-order chi connectivity index (χ0) is 19.2. The number of unbranched alkanes of at least 4 members (excludes halogenated alkanes) is 1. The van der Waals surface area contributed by atoms with Gasteiger partial charge in [0, 0.05) is 6.54 Å². The van der Waals surface area contributed by atoms with Crippen molar-refractivity contribution in [3.8, 4) is 0 Å². The number of carboxylic acids is 1. The van der Waals surface area contributed by atoms with Crippen molar-refractivity contribution in [3.63, 3.8) is 0 Å². The molecule has 0 fully saturated rings. The van der Waals surface area contributed by atoms with E-state index in [-0.39, 0.29) is 26.2 Å². The van der Waals surface area contributed by atoms with Crippen LogP contribution in [0, 0.1) is 0 Å². The molecule has 1 unspecified atom stereocenters. The number of nitrogens with one attached hydrogen (secondary N) is 2. The van der Waals surface area contributed by atoms with E-state index in [1.807, 2.05) is 37.3 Å². The molecular weight excluding hydrogens is 340 g/mol. The Balaban J connectivity index is 2.20. The fourth-order valence-electron chi connectivity index (χ4n) is 2.02. The second kappa shape index (κ2) is 12.6. The minimum absolute atomic E-state index is 0.162. The van der Waals surface area contributed by atoms with Crippen molar-refractivity contribution in [2.75, 3.05) is 13.2 Å². The van der Waals surface area contributed by atoms with Crippen LogP contribution in [-0.2, 0) is 20.9 Å². The lowest BCUT2D eigenvalue weighted by Crippen LogP contribution is -2.41. The van der Waals surface area contributed by atoms with E-state index in [4.69, 9.17) is 14.6 Å².